The number of amides is 1. The lowest BCUT2D eigenvalue weighted by Gasteiger charge is -2.04. The van der Waals surface area contributed by atoms with Gasteiger partial charge in [0.25, 0.3) is 5.91 Å². The molecular formula is C14H16N2O2. The van der Waals surface area contributed by atoms with E-state index in [1.54, 1.807) is 6.92 Å². The van der Waals surface area contributed by atoms with E-state index in [0.29, 0.717) is 11.5 Å². The molecule has 0 radical (unpaired) electrons. The molecule has 4 nitrogen and oxygen atoms in total. The van der Waals surface area contributed by atoms with Crippen LogP contribution < -0.4 is 5.32 Å². The second-order valence-corrected chi connectivity index (χ2v) is 4.22. The third kappa shape index (κ3) is 2.42. The van der Waals surface area contributed by atoms with Gasteiger partial charge in [0.05, 0.1) is 0 Å². The predicted octanol–water partition coefficient (Wildman–Crippen LogP) is 3.11. The van der Waals surface area contributed by atoms with Gasteiger partial charge in [0.2, 0.25) is 0 Å². The summed E-state index contributed by atoms with van der Waals surface area (Å²) in [5, 5.41) is 6.56. The maximum Gasteiger partial charge on any atom is 0.278 e. The lowest BCUT2D eigenvalue weighted by atomic mass is 10.1. The SMILES string of the molecule is CCc1ccc(NC(=O)c2noc(C)c2C)cc1. The lowest BCUT2D eigenvalue weighted by molar-refractivity contribution is 0.101. The highest BCUT2D eigenvalue weighted by molar-refractivity contribution is 6.03. The molecule has 0 unspecified atom stereocenters. The first-order valence-electron chi connectivity index (χ1n) is 5.95. The Labute approximate surface area is 106 Å². The Morgan fingerprint density at radius 3 is 2.44 bits per heavy atom. The molecule has 0 saturated heterocycles. The van der Waals surface area contributed by atoms with E-state index in [4.69, 9.17) is 4.52 Å². The van der Waals surface area contributed by atoms with Crippen LogP contribution in [0, 0.1) is 13.8 Å². The molecule has 1 amide bonds. The number of anilines is 1. The Morgan fingerprint density at radius 1 is 1.28 bits per heavy atom. The Balaban J connectivity index is 2.13. The summed E-state index contributed by atoms with van der Waals surface area (Å²) in [5.74, 6) is 0.426. The average molecular weight is 244 g/mol. The van der Waals surface area contributed by atoms with Crippen LogP contribution in [-0.2, 0) is 6.42 Å². The number of nitrogens with one attached hydrogen (secondary N) is 1. The molecule has 0 aliphatic heterocycles. The van der Waals surface area contributed by atoms with Gasteiger partial charge in [0.15, 0.2) is 5.69 Å². The smallest absolute Gasteiger partial charge is 0.278 e. The first kappa shape index (κ1) is 12.4. The standard InChI is InChI=1S/C14H16N2O2/c1-4-11-5-7-12(8-6-11)15-14(17)13-9(2)10(3)18-16-13/h5-8H,4H2,1-3H3,(H,15,17). The van der Waals surface area contributed by atoms with E-state index in [-0.39, 0.29) is 5.91 Å². The molecule has 0 bridgehead atoms. The molecule has 1 aromatic heterocycles. The van der Waals surface area contributed by atoms with Crippen LogP contribution in [0.15, 0.2) is 28.8 Å². The monoisotopic (exact) mass is 244 g/mol. The van der Waals surface area contributed by atoms with Crippen molar-refractivity contribution in [1.82, 2.24) is 5.16 Å². The van der Waals surface area contributed by atoms with Gasteiger partial charge in [0.1, 0.15) is 5.76 Å². The molecule has 94 valence electrons. The summed E-state index contributed by atoms with van der Waals surface area (Å²) in [6, 6.07) is 7.77. The molecule has 0 aliphatic carbocycles. The Bertz CT molecular complexity index is 556. The van der Waals surface area contributed by atoms with Gasteiger partial charge in [-0.15, -0.1) is 0 Å². The van der Waals surface area contributed by atoms with E-state index in [9.17, 15) is 4.79 Å². The molecule has 1 N–H and O–H groups in total. The first-order chi connectivity index (χ1) is 8.61. The summed E-state index contributed by atoms with van der Waals surface area (Å²) < 4.78 is 4.98. The highest BCUT2D eigenvalue weighted by Crippen LogP contribution is 2.15. The largest absolute Gasteiger partial charge is 0.361 e. The van der Waals surface area contributed by atoms with Crippen molar-refractivity contribution in [2.75, 3.05) is 5.32 Å². The van der Waals surface area contributed by atoms with Crippen LogP contribution >= 0.6 is 0 Å². The van der Waals surface area contributed by atoms with Crippen LogP contribution in [0.2, 0.25) is 0 Å². The predicted molar refractivity (Wildman–Crippen MR) is 69.8 cm³/mol. The van der Waals surface area contributed by atoms with Crippen molar-refractivity contribution in [1.29, 1.82) is 0 Å². The van der Waals surface area contributed by atoms with Crippen LogP contribution in [0.3, 0.4) is 0 Å². The number of carbonyl (C=O) groups excluding carboxylic acids is 1. The minimum atomic E-state index is -0.242. The number of aryl methyl sites for hydroxylation is 2. The summed E-state index contributed by atoms with van der Waals surface area (Å²) in [6.07, 6.45) is 0.982. The molecule has 2 aromatic rings. The van der Waals surface area contributed by atoms with Gasteiger partial charge < -0.3 is 9.84 Å². The third-order valence-electron chi connectivity index (χ3n) is 2.99. The van der Waals surface area contributed by atoms with E-state index >= 15 is 0 Å². The number of hydrogen-bond donors (Lipinski definition) is 1. The fourth-order valence-corrected chi connectivity index (χ4v) is 1.64. The van der Waals surface area contributed by atoms with Gasteiger partial charge >= 0.3 is 0 Å². The topological polar surface area (TPSA) is 55.1 Å². The number of hydrogen-bond acceptors (Lipinski definition) is 3. The molecule has 0 fully saturated rings. The molecule has 1 heterocycles. The van der Waals surface area contributed by atoms with Crippen molar-refractivity contribution < 1.29 is 9.32 Å². The van der Waals surface area contributed by atoms with Crippen molar-refractivity contribution in [2.24, 2.45) is 0 Å². The van der Waals surface area contributed by atoms with Crippen molar-refractivity contribution in [3.05, 3.63) is 46.8 Å². The number of rotatable bonds is 3. The van der Waals surface area contributed by atoms with Gasteiger partial charge in [-0.3, -0.25) is 4.79 Å². The second kappa shape index (κ2) is 5.04. The molecule has 4 heteroatoms. The van der Waals surface area contributed by atoms with Crippen molar-refractivity contribution in [3.63, 3.8) is 0 Å². The van der Waals surface area contributed by atoms with E-state index in [2.05, 4.69) is 17.4 Å². The molecule has 0 spiro atoms. The second-order valence-electron chi connectivity index (χ2n) is 4.22. The van der Waals surface area contributed by atoms with Crippen LogP contribution in [0.5, 0.6) is 0 Å². The molecule has 1 aromatic carbocycles. The molecule has 0 aliphatic rings. The summed E-state index contributed by atoms with van der Waals surface area (Å²) in [6.45, 7) is 5.70. The van der Waals surface area contributed by atoms with E-state index in [1.807, 2.05) is 31.2 Å². The van der Waals surface area contributed by atoms with Gasteiger partial charge in [-0.25, -0.2) is 0 Å². The van der Waals surface area contributed by atoms with E-state index in [0.717, 1.165) is 17.7 Å². The third-order valence-corrected chi connectivity index (χ3v) is 2.99. The van der Waals surface area contributed by atoms with Gasteiger partial charge in [-0.1, -0.05) is 24.2 Å². The highest BCUT2D eigenvalue weighted by Gasteiger charge is 2.16. The minimum absolute atomic E-state index is 0.242. The maximum absolute atomic E-state index is 12.0. The molecule has 18 heavy (non-hydrogen) atoms. The molecular weight excluding hydrogens is 228 g/mol. The van der Waals surface area contributed by atoms with E-state index < -0.39 is 0 Å². The van der Waals surface area contributed by atoms with Gasteiger partial charge in [-0.2, -0.15) is 0 Å². The maximum atomic E-state index is 12.0. The Kier molecular flexibility index (Phi) is 3.46. The number of aromatic nitrogens is 1. The molecule has 2 rings (SSSR count). The fourth-order valence-electron chi connectivity index (χ4n) is 1.64. The number of benzene rings is 1. The highest BCUT2D eigenvalue weighted by atomic mass is 16.5. The van der Waals surface area contributed by atoms with Gasteiger partial charge in [-0.05, 0) is 38.0 Å². The summed E-state index contributed by atoms with van der Waals surface area (Å²) in [7, 11) is 0. The van der Waals surface area contributed by atoms with Crippen molar-refractivity contribution >= 4 is 11.6 Å². The van der Waals surface area contributed by atoms with Crippen LogP contribution in [-0.4, -0.2) is 11.1 Å². The van der Waals surface area contributed by atoms with Gasteiger partial charge in [0, 0.05) is 11.3 Å². The number of nitrogens with zero attached hydrogens (tertiary/aromatic N) is 1. The summed E-state index contributed by atoms with van der Waals surface area (Å²) in [5.41, 5.74) is 3.11. The first-order valence-corrected chi connectivity index (χ1v) is 5.95. The van der Waals surface area contributed by atoms with Crippen LogP contribution in [0.25, 0.3) is 0 Å². The lowest BCUT2D eigenvalue weighted by Crippen LogP contribution is -2.13. The summed E-state index contributed by atoms with van der Waals surface area (Å²) in [4.78, 5) is 12.0. The van der Waals surface area contributed by atoms with E-state index in [1.165, 1.54) is 5.56 Å². The minimum Gasteiger partial charge on any atom is -0.361 e. The van der Waals surface area contributed by atoms with Crippen LogP contribution in [0.1, 0.15) is 34.3 Å². The molecule has 0 atom stereocenters. The van der Waals surface area contributed by atoms with Crippen molar-refractivity contribution in [3.8, 4) is 0 Å². The fraction of sp³-hybridized carbons (Fsp3) is 0.286. The Hall–Kier alpha value is -2.10. The quantitative estimate of drug-likeness (QED) is 0.902. The van der Waals surface area contributed by atoms with Crippen molar-refractivity contribution in [2.45, 2.75) is 27.2 Å². The molecule has 0 saturated carbocycles. The zero-order valence-corrected chi connectivity index (χ0v) is 10.8. The normalized spacial score (nSPS) is 10.4. The zero-order valence-electron chi connectivity index (χ0n) is 10.8. The zero-order chi connectivity index (χ0) is 13.1. The summed E-state index contributed by atoms with van der Waals surface area (Å²) >= 11 is 0. The average Bonchev–Trinajstić information content (AvgIpc) is 2.71. The number of carbonyl (C=O) groups is 1. The Morgan fingerprint density at radius 2 is 1.94 bits per heavy atom. The van der Waals surface area contributed by atoms with Crippen LogP contribution in [0.4, 0.5) is 5.69 Å².